The van der Waals surface area contributed by atoms with Crippen LogP contribution in [0.5, 0.6) is 5.75 Å². The average molecular weight is 316 g/mol. The van der Waals surface area contributed by atoms with Crippen molar-refractivity contribution in [3.05, 3.63) is 64.2 Å². The molecule has 4 heteroatoms. The summed E-state index contributed by atoms with van der Waals surface area (Å²) in [5.74, 6) is 0.851. The molecule has 2 rings (SSSR count). The van der Waals surface area contributed by atoms with Gasteiger partial charge in [-0.05, 0) is 41.8 Å². The molecular formula is C15H13Cl3O. The van der Waals surface area contributed by atoms with Crippen LogP contribution in [0.3, 0.4) is 0 Å². The highest BCUT2D eigenvalue weighted by molar-refractivity contribution is 6.44. The number of para-hydroxylation sites is 1. The summed E-state index contributed by atoms with van der Waals surface area (Å²) < 4.78 is 5.79. The van der Waals surface area contributed by atoms with Crippen molar-refractivity contribution in [2.45, 2.75) is 18.4 Å². The van der Waals surface area contributed by atoms with Crippen LogP contribution in [0.4, 0.5) is 0 Å². The third kappa shape index (κ3) is 3.79. The molecule has 0 bridgehead atoms. The van der Waals surface area contributed by atoms with Gasteiger partial charge in [0.15, 0.2) is 0 Å². The van der Waals surface area contributed by atoms with Crippen LogP contribution in [0.15, 0.2) is 42.5 Å². The minimum Gasteiger partial charge on any atom is -0.489 e. The standard InChI is InChI=1S/C15H13Cl3O/c1-10-4-2-3-5-14(10)19-9-11-6-7-12(16)8-13(11)15(17)18/h2-8,15H,9H2,1H3. The molecule has 0 saturated carbocycles. The lowest BCUT2D eigenvalue weighted by Gasteiger charge is -2.13. The smallest absolute Gasteiger partial charge is 0.133 e. The zero-order valence-electron chi connectivity index (χ0n) is 10.4. The van der Waals surface area contributed by atoms with Crippen LogP contribution in [0.1, 0.15) is 21.5 Å². The molecule has 1 nitrogen and oxygen atoms in total. The molecule has 19 heavy (non-hydrogen) atoms. The highest BCUT2D eigenvalue weighted by Gasteiger charge is 2.11. The van der Waals surface area contributed by atoms with E-state index in [4.69, 9.17) is 39.5 Å². The molecule has 2 aromatic rings. The lowest BCUT2D eigenvalue weighted by atomic mass is 10.1. The molecule has 2 aromatic carbocycles. The van der Waals surface area contributed by atoms with Gasteiger partial charge in [-0.1, -0.05) is 35.9 Å². The SMILES string of the molecule is Cc1ccccc1OCc1ccc(Cl)cc1C(Cl)Cl. The number of aryl methyl sites for hydroxylation is 1. The maximum Gasteiger partial charge on any atom is 0.133 e. The molecule has 0 atom stereocenters. The van der Waals surface area contributed by atoms with Crippen LogP contribution in [0, 0.1) is 6.92 Å². The maximum atomic E-state index is 5.95. The molecule has 0 fully saturated rings. The zero-order valence-corrected chi connectivity index (χ0v) is 12.6. The van der Waals surface area contributed by atoms with Crippen molar-refractivity contribution < 1.29 is 4.74 Å². The molecule has 0 unspecified atom stereocenters. The summed E-state index contributed by atoms with van der Waals surface area (Å²) in [4.78, 5) is -0.617. The minimum absolute atomic E-state index is 0.410. The van der Waals surface area contributed by atoms with Gasteiger partial charge >= 0.3 is 0 Å². The van der Waals surface area contributed by atoms with E-state index in [-0.39, 0.29) is 0 Å². The highest BCUT2D eigenvalue weighted by Crippen LogP contribution is 2.31. The Morgan fingerprint density at radius 2 is 1.84 bits per heavy atom. The van der Waals surface area contributed by atoms with Crippen molar-refractivity contribution in [2.24, 2.45) is 0 Å². The van der Waals surface area contributed by atoms with E-state index in [0.29, 0.717) is 11.6 Å². The summed E-state index contributed by atoms with van der Waals surface area (Å²) in [7, 11) is 0. The lowest BCUT2D eigenvalue weighted by Crippen LogP contribution is -2.01. The predicted molar refractivity (Wildman–Crippen MR) is 81.4 cm³/mol. The van der Waals surface area contributed by atoms with Gasteiger partial charge in [0.05, 0.1) is 0 Å². The Hall–Kier alpha value is -0.890. The fourth-order valence-electron chi connectivity index (χ4n) is 1.77. The molecule has 100 valence electrons. The van der Waals surface area contributed by atoms with Gasteiger partial charge in [-0.3, -0.25) is 0 Å². The van der Waals surface area contributed by atoms with Gasteiger partial charge in [-0.2, -0.15) is 0 Å². The Balaban J connectivity index is 2.18. The fraction of sp³-hybridized carbons (Fsp3) is 0.200. The number of benzene rings is 2. The second kappa shape index (κ2) is 6.51. The van der Waals surface area contributed by atoms with Crippen molar-refractivity contribution in [1.82, 2.24) is 0 Å². The fourth-order valence-corrected chi connectivity index (χ4v) is 2.36. The summed E-state index contributed by atoms with van der Waals surface area (Å²) in [6.45, 7) is 2.41. The van der Waals surface area contributed by atoms with E-state index in [0.717, 1.165) is 22.4 Å². The Labute approximate surface area is 128 Å². The Morgan fingerprint density at radius 3 is 2.53 bits per heavy atom. The summed E-state index contributed by atoms with van der Waals surface area (Å²) in [5, 5.41) is 0.612. The van der Waals surface area contributed by atoms with Crippen molar-refractivity contribution in [3.8, 4) is 5.75 Å². The molecule has 0 amide bonds. The molecule has 0 heterocycles. The second-order valence-corrected chi connectivity index (χ2v) is 5.73. The molecule has 0 aromatic heterocycles. The van der Waals surface area contributed by atoms with Gasteiger partial charge in [0.2, 0.25) is 0 Å². The molecule has 0 N–H and O–H groups in total. The third-order valence-electron chi connectivity index (χ3n) is 2.82. The Kier molecular flexibility index (Phi) is 4.98. The monoisotopic (exact) mass is 314 g/mol. The summed E-state index contributed by atoms with van der Waals surface area (Å²) in [5.41, 5.74) is 2.80. The number of hydrogen-bond acceptors (Lipinski definition) is 1. The van der Waals surface area contributed by atoms with Crippen LogP contribution in [-0.2, 0) is 6.61 Å². The zero-order chi connectivity index (χ0) is 13.8. The Bertz CT molecular complexity index is 567. The molecule has 0 aliphatic carbocycles. The molecule has 0 aliphatic rings. The molecule has 0 spiro atoms. The normalized spacial score (nSPS) is 10.8. The van der Waals surface area contributed by atoms with Crippen molar-refractivity contribution in [1.29, 1.82) is 0 Å². The number of halogens is 3. The number of ether oxygens (including phenoxy) is 1. The topological polar surface area (TPSA) is 9.23 Å². The van der Waals surface area contributed by atoms with Gasteiger partial charge in [0.1, 0.15) is 17.2 Å². The first-order chi connectivity index (χ1) is 9.08. The quantitative estimate of drug-likeness (QED) is 0.657. The van der Waals surface area contributed by atoms with Crippen molar-refractivity contribution in [3.63, 3.8) is 0 Å². The summed E-state index contributed by atoms with van der Waals surface area (Å²) in [6, 6.07) is 13.3. The van der Waals surface area contributed by atoms with Gasteiger partial charge in [-0.25, -0.2) is 0 Å². The highest BCUT2D eigenvalue weighted by atomic mass is 35.5. The first kappa shape index (κ1) is 14.5. The van der Waals surface area contributed by atoms with Crippen LogP contribution in [0.25, 0.3) is 0 Å². The minimum atomic E-state index is -0.617. The largest absolute Gasteiger partial charge is 0.489 e. The maximum absolute atomic E-state index is 5.95. The first-order valence-electron chi connectivity index (χ1n) is 5.83. The van der Waals surface area contributed by atoms with Gasteiger partial charge < -0.3 is 4.74 Å². The summed E-state index contributed by atoms with van der Waals surface area (Å²) >= 11 is 17.8. The first-order valence-corrected chi connectivity index (χ1v) is 7.08. The van der Waals surface area contributed by atoms with Crippen LogP contribution in [0.2, 0.25) is 5.02 Å². The van der Waals surface area contributed by atoms with Crippen LogP contribution in [-0.4, -0.2) is 0 Å². The van der Waals surface area contributed by atoms with E-state index in [1.54, 1.807) is 12.1 Å². The number of hydrogen-bond donors (Lipinski definition) is 0. The van der Waals surface area contributed by atoms with Crippen molar-refractivity contribution in [2.75, 3.05) is 0 Å². The molecule has 0 radical (unpaired) electrons. The van der Waals surface area contributed by atoms with E-state index in [1.165, 1.54) is 0 Å². The van der Waals surface area contributed by atoms with Crippen LogP contribution < -0.4 is 4.74 Å². The average Bonchev–Trinajstić information content (AvgIpc) is 2.38. The molecular weight excluding hydrogens is 303 g/mol. The molecule has 0 saturated heterocycles. The Morgan fingerprint density at radius 1 is 1.11 bits per heavy atom. The van der Waals surface area contributed by atoms with E-state index < -0.39 is 4.84 Å². The molecule has 0 aliphatic heterocycles. The lowest BCUT2D eigenvalue weighted by molar-refractivity contribution is 0.303. The van der Waals surface area contributed by atoms with Crippen LogP contribution >= 0.6 is 34.8 Å². The number of alkyl halides is 2. The van der Waals surface area contributed by atoms with Gasteiger partial charge in [0.25, 0.3) is 0 Å². The second-order valence-electron chi connectivity index (χ2n) is 4.20. The van der Waals surface area contributed by atoms with E-state index >= 15 is 0 Å². The number of rotatable bonds is 4. The summed E-state index contributed by atoms with van der Waals surface area (Å²) in [6.07, 6.45) is 0. The third-order valence-corrected chi connectivity index (χ3v) is 3.53. The predicted octanol–water partition coefficient (Wildman–Crippen LogP) is 5.70. The van der Waals surface area contributed by atoms with E-state index in [2.05, 4.69) is 0 Å². The van der Waals surface area contributed by atoms with Gasteiger partial charge in [-0.15, -0.1) is 23.2 Å². The van der Waals surface area contributed by atoms with E-state index in [1.807, 2.05) is 37.3 Å². The van der Waals surface area contributed by atoms with Gasteiger partial charge in [0, 0.05) is 5.02 Å². The van der Waals surface area contributed by atoms with Crippen molar-refractivity contribution >= 4 is 34.8 Å². The van der Waals surface area contributed by atoms with E-state index in [9.17, 15) is 0 Å².